The zero-order valence-electron chi connectivity index (χ0n) is 36.9. The van der Waals surface area contributed by atoms with Crippen molar-refractivity contribution in [1.82, 2.24) is 0 Å². The van der Waals surface area contributed by atoms with E-state index in [2.05, 4.69) is 124 Å². The first kappa shape index (κ1) is 44.1. The number of benzene rings is 7. The van der Waals surface area contributed by atoms with Crippen LogP contribution in [-0.4, -0.2) is 27.6 Å². The van der Waals surface area contributed by atoms with Crippen molar-refractivity contribution >= 4 is 37.5 Å². The lowest BCUT2D eigenvalue weighted by molar-refractivity contribution is -0.131. The zero-order valence-corrected chi connectivity index (χ0v) is 37.9. The minimum Gasteiger partial charge on any atom is -0.497 e. The zero-order chi connectivity index (χ0) is 44.6. The van der Waals surface area contributed by atoms with E-state index in [1.165, 1.54) is 18.1 Å². The molecule has 0 aliphatic rings. The summed E-state index contributed by atoms with van der Waals surface area (Å²) in [5, 5.41) is 0. The van der Waals surface area contributed by atoms with Crippen LogP contribution in [0.4, 0.5) is 21.9 Å². The van der Waals surface area contributed by atoms with Crippen LogP contribution in [0.15, 0.2) is 170 Å². The molecule has 0 radical (unpaired) electrons. The maximum absolute atomic E-state index is 13.0. The molecule has 0 spiro atoms. The van der Waals surface area contributed by atoms with Crippen LogP contribution in [0.25, 0.3) is 0 Å². The molecule has 0 saturated heterocycles. The van der Waals surface area contributed by atoms with Crippen molar-refractivity contribution in [3.8, 4) is 23.0 Å². The number of hydrogen-bond acceptors (Lipinski definition) is 8. The van der Waals surface area contributed by atoms with Crippen molar-refractivity contribution in [2.24, 2.45) is 0 Å². The van der Waals surface area contributed by atoms with E-state index in [0.29, 0.717) is 23.9 Å². The third kappa shape index (κ3) is 11.1. The van der Waals surface area contributed by atoms with Gasteiger partial charge in [-0.1, -0.05) is 96.1 Å². The Hall–Kier alpha value is -6.94. The number of carbonyl (C=O) groups is 2. The molecule has 8 nitrogen and oxygen atoms in total. The fourth-order valence-electron chi connectivity index (χ4n) is 7.59. The van der Waals surface area contributed by atoms with Gasteiger partial charge in [-0.05, 0) is 153 Å². The number of hydrogen-bond donors (Lipinski definition) is 0. The number of anilines is 3. The average molecular weight is 856 g/mol. The molecule has 7 aromatic rings. The summed E-state index contributed by atoms with van der Waals surface area (Å²) in [6.07, 6.45) is -0.833. The highest BCUT2D eigenvalue weighted by molar-refractivity contribution is 6.70. The normalized spacial score (nSPS) is 12.2. The number of methoxy groups -OCH3 is 1. The van der Waals surface area contributed by atoms with E-state index in [1.54, 1.807) is 43.5 Å². The largest absolute Gasteiger partial charge is 0.519 e. The third-order valence-electron chi connectivity index (χ3n) is 11.2. The molecular weight excluding hydrogens is 803 g/mol. The van der Waals surface area contributed by atoms with E-state index < -0.39 is 19.9 Å². The molecule has 7 aromatic carbocycles. The lowest BCUT2D eigenvalue weighted by Crippen LogP contribution is -2.33. The highest BCUT2D eigenvalue weighted by atomic mass is 28.4. The van der Waals surface area contributed by atoms with E-state index in [4.69, 9.17) is 23.4 Å². The quantitative estimate of drug-likeness (QED) is 0.0331. The highest BCUT2D eigenvalue weighted by Gasteiger charge is 2.32. The minimum atomic E-state index is -2.07. The SMILES string of the molecule is COc1ccc(C(C)(c2ccc(OC(=O)Oc3ccc(CO[Si](C)(C)Cc4ccc(OC(C)=O)cc4)cc3)cc2)c2ccc(N(c3ccc(C)cc3)c3ccc(C)cc3)cc2)cc1. The summed E-state index contributed by atoms with van der Waals surface area (Å²) < 4.78 is 28.2. The molecule has 9 heteroatoms. The maximum Gasteiger partial charge on any atom is 0.519 e. The lowest BCUT2D eigenvalue weighted by atomic mass is 9.71. The van der Waals surface area contributed by atoms with Crippen molar-refractivity contribution in [2.75, 3.05) is 12.0 Å². The van der Waals surface area contributed by atoms with Gasteiger partial charge in [0.2, 0.25) is 0 Å². The molecule has 0 amide bonds. The first-order valence-corrected chi connectivity index (χ1v) is 24.1. The molecule has 0 aliphatic carbocycles. The molecule has 0 aliphatic heterocycles. The molecule has 0 aromatic heterocycles. The van der Waals surface area contributed by atoms with Gasteiger partial charge < -0.3 is 28.3 Å². The smallest absolute Gasteiger partial charge is 0.497 e. The summed E-state index contributed by atoms with van der Waals surface area (Å²) in [7, 11) is -0.406. The monoisotopic (exact) mass is 855 g/mol. The Labute approximate surface area is 371 Å². The Kier molecular flexibility index (Phi) is 13.6. The predicted molar refractivity (Wildman–Crippen MR) is 252 cm³/mol. The van der Waals surface area contributed by atoms with Crippen molar-refractivity contribution in [3.63, 3.8) is 0 Å². The topological polar surface area (TPSA) is 83.5 Å². The van der Waals surface area contributed by atoms with Gasteiger partial charge in [-0.15, -0.1) is 0 Å². The van der Waals surface area contributed by atoms with E-state index in [1.807, 2.05) is 48.5 Å². The van der Waals surface area contributed by atoms with Crippen LogP contribution in [0.1, 0.15) is 52.8 Å². The van der Waals surface area contributed by atoms with Crippen LogP contribution in [0.2, 0.25) is 13.1 Å². The van der Waals surface area contributed by atoms with Crippen LogP contribution < -0.4 is 23.8 Å². The second-order valence-corrected chi connectivity index (χ2v) is 20.7. The molecule has 1 atom stereocenters. The first-order chi connectivity index (χ1) is 30.3. The molecule has 0 saturated carbocycles. The summed E-state index contributed by atoms with van der Waals surface area (Å²) in [5.74, 6) is 1.68. The van der Waals surface area contributed by atoms with Crippen molar-refractivity contribution in [2.45, 2.75) is 58.9 Å². The van der Waals surface area contributed by atoms with Crippen molar-refractivity contribution < 1.29 is 33.0 Å². The van der Waals surface area contributed by atoms with Crippen LogP contribution in [0.3, 0.4) is 0 Å². The standard InChI is InChI=1S/C54H53NO7Si/c1-38-8-22-46(23-9-38)55(47-24-10-39(2)11-25-47)48-26-16-43(17-27-48)54(4,44-18-32-49(58-5)33-19-44)45-20-34-52(35-21-45)62-53(57)61-51-28-12-41(13-29-51)36-59-63(6,7)37-42-14-30-50(31-15-42)60-40(3)56/h8-35H,36-37H2,1-7H3. The Balaban J connectivity index is 1.03. The van der Waals surface area contributed by atoms with Gasteiger partial charge in [0.15, 0.2) is 8.32 Å². The number of nitrogens with zero attached hydrogens (tertiary/aromatic N) is 1. The molecule has 0 fully saturated rings. The van der Waals surface area contributed by atoms with E-state index >= 15 is 0 Å². The Morgan fingerprint density at radius 3 is 1.30 bits per heavy atom. The van der Waals surface area contributed by atoms with Crippen LogP contribution in [-0.2, 0) is 27.3 Å². The molecular formula is C54H53NO7Si. The van der Waals surface area contributed by atoms with E-state index in [0.717, 1.165) is 56.7 Å². The Morgan fingerprint density at radius 2 is 0.873 bits per heavy atom. The van der Waals surface area contributed by atoms with Gasteiger partial charge in [0.25, 0.3) is 0 Å². The molecule has 0 bridgehead atoms. The summed E-state index contributed by atoms with van der Waals surface area (Å²) in [6, 6.07) is 57.1. The van der Waals surface area contributed by atoms with Crippen LogP contribution in [0, 0.1) is 13.8 Å². The van der Waals surface area contributed by atoms with Crippen molar-refractivity contribution in [3.05, 3.63) is 209 Å². The molecule has 63 heavy (non-hydrogen) atoms. The summed E-state index contributed by atoms with van der Waals surface area (Å²) in [4.78, 5) is 26.5. The van der Waals surface area contributed by atoms with Crippen LogP contribution in [0.5, 0.6) is 23.0 Å². The number of rotatable bonds is 15. The van der Waals surface area contributed by atoms with Gasteiger partial charge in [-0.2, -0.15) is 0 Å². The van der Waals surface area contributed by atoms with Gasteiger partial charge in [0.1, 0.15) is 23.0 Å². The minimum absolute atomic E-state index is 0.344. The van der Waals surface area contributed by atoms with Crippen molar-refractivity contribution in [1.29, 1.82) is 0 Å². The molecule has 0 heterocycles. The second-order valence-electron chi connectivity index (χ2n) is 16.5. The highest BCUT2D eigenvalue weighted by Crippen LogP contribution is 2.42. The fourth-order valence-corrected chi connectivity index (χ4v) is 9.47. The van der Waals surface area contributed by atoms with Gasteiger partial charge in [0, 0.05) is 29.4 Å². The Bertz CT molecular complexity index is 2560. The van der Waals surface area contributed by atoms with Gasteiger partial charge in [-0.3, -0.25) is 4.79 Å². The van der Waals surface area contributed by atoms with Gasteiger partial charge in [0.05, 0.1) is 13.7 Å². The molecule has 320 valence electrons. The molecule has 7 rings (SSSR count). The number of esters is 1. The number of ether oxygens (including phenoxy) is 4. The molecule has 0 N–H and O–H groups in total. The summed E-state index contributed by atoms with van der Waals surface area (Å²) in [6.45, 7) is 12.5. The summed E-state index contributed by atoms with van der Waals surface area (Å²) >= 11 is 0. The van der Waals surface area contributed by atoms with Gasteiger partial charge in [-0.25, -0.2) is 4.79 Å². The number of carbonyl (C=O) groups excluding carboxylic acids is 2. The van der Waals surface area contributed by atoms with Crippen LogP contribution >= 0.6 is 0 Å². The predicted octanol–water partition coefficient (Wildman–Crippen LogP) is 13.1. The first-order valence-electron chi connectivity index (χ1n) is 21.0. The van der Waals surface area contributed by atoms with E-state index in [-0.39, 0.29) is 5.97 Å². The maximum atomic E-state index is 13.0. The lowest BCUT2D eigenvalue weighted by Gasteiger charge is -2.33. The average Bonchev–Trinajstić information content (AvgIpc) is 3.28. The third-order valence-corrected chi connectivity index (χ3v) is 13.3. The van der Waals surface area contributed by atoms with Gasteiger partial charge >= 0.3 is 12.1 Å². The number of aryl methyl sites for hydroxylation is 2. The Morgan fingerprint density at radius 1 is 0.508 bits per heavy atom. The summed E-state index contributed by atoms with van der Waals surface area (Å²) in [5.41, 5.74) is 10.3. The fraction of sp³-hybridized carbons (Fsp3) is 0.185. The molecule has 1 unspecified atom stereocenters. The second kappa shape index (κ2) is 19.4. The van der Waals surface area contributed by atoms with E-state index in [9.17, 15) is 9.59 Å².